The normalized spacial score (nSPS) is 16.0. The molecule has 134 valence electrons. The highest BCUT2D eigenvalue weighted by Gasteiger charge is 2.33. The maximum absolute atomic E-state index is 12.8. The van der Waals surface area contributed by atoms with E-state index >= 15 is 0 Å². The molecule has 0 bridgehead atoms. The Morgan fingerprint density at radius 3 is 2.67 bits per heavy atom. The Labute approximate surface area is 149 Å². The van der Waals surface area contributed by atoms with Crippen molar-refractivity contribution in [3.05, 3.63) is 28.8 Å². The van der Waals surface area contributed by atoms with Crippen molar-refractivity contribution >= 4 is 34.6 Å². The second-order valence-corrected chi connectivity index (χ2v) is 6.20. The molecule has 1 fully saturated rings. The molecule has 1 aliphatic heterocycles. The van der Waals surface area contributed by atoms with Crippen LogP contribution in [0.4, 0.5) is 18.9 Å². The maximum Gasteiger partial charge on any atom is 0.417 e. The van der Waals surface area contributed by atoms with Crippen molar-refractivity contribution in [2.24, 2.45) is 0 Å². The number of hydrogen-bond acceptors (Lipinski definition) is 3. The number of rotatable bonds is 5. The lowest BCUT2D eigenvalue weighted by atomic mass is 10.2. The topological polar surface area (TPSA) is 36.5 Å². The molecule has 9 heteroatoms. The molecule has 24 heavy (non-hydrogen) atoms. The lowest BCUT2D eigenvalue weighted by molar-refractivity contribution is -0.137. The summed E-state index contributed by atoms with van der Waals surface area (Å²) in [7, 11) is 0. The number of nitrogens with one attached hydrogen (secondary N) is 2. The minimum atomic E-state index is -4.50. The van der Waals surface area contributed by atoms with E-state index in [0.29, 0.717) is 6.54 Å². The Morgan fingerprint density at radius 2 is 2.00 bits per heavy atom. The molecule has 0 spiro atoms. The first-order valence-electron chi connectivity index (χ1n) is 7.58. The Bertz CT molecular complexity index is 565. The zero-order valence-electron chi connectivity index (χ0n) is 13.0. The van der Waals surface area contributed by atoms with Gasteiger partial charge < -0.3 is 15.4 Å². The van der Waals surface area contributed by atoms with Crippen LogP contribution in [0.5, 0.6) is 0 Å². The Kier molecular flexibility index (Phi) is 7.09. The average molecular weight is 382 g/mol. The summed E-state index contributed by atoms with van der Waals surface area (Å²) in [6, 6.07) is 3.61. The largest absolute Gasteiger partial charge is 0.417 e. The molecule has 4 nitrogen and oxygen atoms in total. The van der Waals surface area contributed by atoms with E-state index < -0.39 is 11.7 Å². The first kappa shape index (κ1) is 19.2. The van der Waals surface area contributed by atoms with Crippen molar-refractivity contribution in [1.29, 1.82) is 0 Å². The predicted molar refractivity (Wildman–Crippen MR) is 92.6 cm³/mol. The lowest BCUT2D eigenvalue weighted by Gasteiger charge is -2.26. The summed E-state index contributed by atoms with van der Waals surface area (Å²) in [5.74, 6) is 0. The monoisotopic (exact) mass is 381 g/mol. The van der Waals surface area contributed by atoms with Crippen LogP contribution in [0, 0.1) is 0 Å². The van der Waals surface area contributed by atoms with E-state index in [1.54, 1.807) is 0 Å². The second-order valence-electron chi connectivity index (χ2n) is 5.38. The number of morpholine rings is 1. The number of ether oxygens (including phenoxy) is 1. The van der Waals surface area contributed by atoms with Gasteiger partial charge in [-0.05, 0) is 43.4 Å². The highest BCUT2D eigenvalue weighted by atomic mass is 35.5. The van der Waals surface area contributed by atoms with Crippen LogP contribution in [0.1, 0.15) is 12.0 Å². The molecular weight excluding hydrogens is 363 g/mol. The quantitative estimate of drug-likeness (QED) is 0.604. The molecule has 1 aliphatic rings. The van der Waals surface area contributed by atoms with E-state index in [4.69, 9.17) is 28.6 Å². The molecule has 2 rings (SSSR count). The molecule has 1 aromatic rings. The van der Waals surface area contributed by atoms with Crippen LogP contribution in [0.2, 0.25) is 5.02 Å². The van der Waals surface area contributed by atoms with Gasteiger partial charge in [0.1, 0.15) is 0 Å². The van der Waals surface area contributed by atoms with Crippen LogP contribution in [0.3, 0.4) is 0 Å². The second kappa shape index (κ2) is 8.84. The van der Waals surface area contributed by atoms with Gasteiger partial charge >= 0.3 is 6.18 Å². The van der Waals surface area contributed by atoms with E-state index in [2.05, 4.69) is 15.5 Å². The van der Waals surface area contributed by atoms with E-state index in [0.717, 1.165) is 45.3 Å². The van der Waals surface area contributed by atoms with E-state index in [1.807, 2.05) is 0 Å². The van der Waals surface area contributed by atoms with Crippen LogP contribution in [0.25, 0.3) is 0 Å². The summed E-state index contributed by atoms with van der Waals surface area (Å²) in [5, 5.41) is 5.69. The molecule has 1 heterocycles. The number of nitrogens with zero attached hydrogens (tertiary/aromatic N) is 1. The summed E-state index contributed by atoms with van der Waals surface area (Å²) in [5.41, 5.74) is -0.637. The van der Waals surface area contributed by atoms with E-state index in [-0.39, 0.29) is 15.8 Å². The molecule has 0 saturated carbocycles. The number of alkyl halides is 3. The fourth-order valence-corrected chi connectivity index (χ4v) is 2.77. The number of benzene rings is 1. The molecular formula is C15H19ClF3N3OS. The smallest absolute Gasteiger partial charge is 0.379 e. The predicted octanol–water partition coefficient (Wildman–Crippen LogP) is 3.37. The molecule has 1 aromatic carbocycles. The van der Waals surface area contributed by atoms with Gasteiger partial charge in [-0.15, -0.1) is 0 Å². The average Bonchev–Trinajstić information content (AvgIpc) is 2.53. The summed E-state index contributed by atoms with van der Waals surface area (Å²) in [4.78, 5) is 2.30. The van der Waals surface area contributed by atoms with Crippen molar-refractivity contribution in [3.8, 4) is 0 Å². The molecule has 0 amide bonds. The van der Waals surface area contributed by atoms with Crippen LogP contribution >= 0.6 is 23.8 Å². The van der Waals surface area contributed by atoms with Gasteiger partial charge in [-0.25, -0.2) is 0 Å². The third-order valence-corrected chi connectivity index (χ3v) is 4.15. The molecule has 0 unspecified atom stereocenters. The molecule has 0 radical (unpaired) electrons. The third kappa shape index (κ3) is 6.08. The summed E-state index contributed by atoms with van der Waals surface area (Å²) in [6.07, 6.45) is -3.61. The summed E-state index contributed by atoms with van der Waals surface area (Å²) < 4.78 is 43.7. The Morgan fingerprint density at radius 1 is 1.29 bits per heavy atom. The van der Waals surface area contributed by atoms with Crippen molar-refractivity contribution < 1.29 is 17.9 Å². The van der Waals surface area contributed by atoms with Gasteiger partial charge in [0.05, 0.1) is 23.8 Å². The van der Waals surface area contributed by atoms with E-state index in [9.17, 15) is 13.2 Å². The number of anilines is 1. The number of hydrogen-bond donors (Lipinski definition) is 2. The van der Waals surface area contributed by atoms with E-state index in [1.165, 1.54) is 12.1 Å². The van der Waals surface area contributed by atoms with Gasteiger partial charge in [-0.1, -0.05) is 11.6 Å². The van der Waals surface area contributed by atoms with Crippen LogP contribution in [-0.4, -0.2) is 49.4 Å². The molecule has 2 N–H and O–H groups in total. The van der Waals surface area contributed by atoms with Gasteiger partial charge in [0.15, 0.2) is 5.11 Å². The maximum atomic E-state index is 12.8. The summed E-state index contributed by atoms with van der Waals surface area (Å²) in [6.45, 7) is 4.93. The van der Waals surface area contributed by atoms with Crippen LogP contribution in [-0.2, 0) is 10.9 Å². The Hall–Kier alpha value is -1.09. The van der Waals surface area contributed by atoms with Gasteiger partial charge in [0.2, 0.25) is 0 Å². The highest BCUT2D eigenvalue weighted by Crippen LogP contribution is 2.36. The zero-order valence-corrected chi connectivity index (χ0v) is 14.5. The Balaban J connectivity index is 1.76. The fraction of sp³-hybridized carbons (Fsp3) is 0.533. The van der Waals surface area contributed by atoms with Crippen LogP contribution < -0.4 is 10.6 Å². The van der Waals surface area contributed by atoms with Crippen molar-refractivity contribution in [2.45, 2.75) is 12.6 Å². The van der Waals surface area contributed by atoms with Crippen LogP contribution in [0.15, 0.2) is 18.2 Å². The highest BCUT2D eigenvalue weighted by molar-refractivity contribution is 7.80. The fourth-order valence-electron chi connectivity index (χ4n) is 2.32. The first-order valence-corrected chi connectivity index (χ1v) is 8.36. The minimum Gasteiger partial charge on any atom is -0.379 e. The number of halogens is 4. The molecule has 0 aliphatic carbocycles. The first-order chi connectivity index (χ1) is 11.4. The van der Waals surface area contributed by atoms with Gasteiger partial charge in [0, 0.05) is 25.3 Å². The lowest BCUT2D eigenvalue weighted by Crippen LogP contribution is -2.38. The van der Waals surface area contributed by atoms with Crippen molar-refractivity contribution in [2.75, 3.05) is 44.7 Å². The van der Waals surface area contributed by atoms with Gasteiger partial charge in [-0.3, -0.25) is 4.90 Å². The minimum absolute atomic E-state index is 0.248. The van der Waals surface area contributed by atoms with Gasteiger partial charge in [0.25, 0.3) is 0 Å². The van der Waals surface area contributed by atoms with Gasteiger partial charge in [-0.2, -0.15) is 13.2 Å². The van der Waals surface area contributed by atoms with Crippen molar-refractivity contribution in [3.63, 3.8) is 0 Å². The molecule has 1 saturated heterocycles. The standard InChI is InChI=1S/C15H19ClF3N3OS/c16-13-3-2-11(10-12(13)15(17,18)19)21-14(24)20-4-1-5-22-6-8-23-9-7-22/h2-3,10H,1,4-9H2,(H2,20,21,24). The SMILES string of the molecule is FC(F)(F)c1cc(NC(=S)NCCCN2CCOCC2)ccc1Cl. The van der Waals surface area contributed by atoms with Crippen molar-refractivity contribution in [1.82, 2.24) is 10.2 Å². The third-order valence-electron chi connectivity index (χ3n) is 3.57. The molecule has 0 aromatic heterocycles. The number of thiocarbonyl (C=S) groups is 1. The summed E-state index contributed by atoms with van der Waals surface area (Å²) >= 11 is 10.7. The molecule has 0 atom stereocenters. The zero-order chi connectivity index (χ0) is 17.6.